The molecule has 2 heteroatoms. The molecule has 0 N–H and O–H groups in total. The number of hydrogen-bond acceptors (Lipinski definition) is 1. The Morgan fingerprint density at radius 3 is 2.61 bits per heavy atom. The van der Waals surface area contributed by atoms with Gasteiger partial charge in [0.1, 0.15) is 0 Å². The number of halogens is 1. The van der Waals surface area contributed by atoms with Crippen molar-refractivity contribution in [2.24, 2.45) is 0 Å². The molecule has 0 radical (unpaired) electrons. The summed E-state index contributed by atoms with van der Waals surface area (Å²) in [6.07, 6.45) is 3.93. The molecule has 1 unspecified atom stereocenters. The van der Waals surface area contributed by atoms with Crippen LogP contribution in [0.5, 0.6) is 0 Å². The van der Waals surface area contributed by atoms with Crippen molar-refractivity contribution < 1.29 is 0 Å². The fourth-order valence-corrected chi connectivity index (χ4v) is 2.85. The summed E-state index contributed by atoms with van der Waals surface area (Å²) >= 11 is 3.79. The highest BCUT2D eigenvalue weighted by Crippen LogP contribution is 2.29. The number of alkyl halides is 1. The molecule has 1 atom stereocenters. The van der Waals surface area contributed by atoms with Crippen molar-refractivity contribution in [2.45, 2.75) is 31.5 Å². The first-order chi connectivity index (χ1) is 8.70. The van der Waals surface area contributed by atoms with Crippen molar-refractivity contribution >= 4 is 15.9 Å². The van der Waals surface area contributed by atoms with Crippen LogP contribution in [0.3, 0.4) is 0 Å². The van der Waals surface area contributed by atoms with Crippen molar-refractivity contribution in [3.8, 4) is 0 Å². The van der Waals surface area contributed by atoms with E-state index in [4.69, 9.17) is 0 Å². The van der Waals surface area contributed by atoms with Crippen LogP contribution in [0.4, 0.5) is 0 Å². The van der Waals surface area contributed by atoms with Crippen LogP contribution in [-0.2, 0) is 12.8 Å². The molecule has 0 amide bonds. The molecule has 1 heterocycles. The summed E-state index contributed by atoms with van der Waals surface area (Å²) in [5.41, 5.74) is 5.13. The number of aromatic nitrogens is 1. The zero-order valence-electron chi connectivity index (χ0n) is 10.9. The van der Waals surface area contributed by atoms with Gasteiger partial charge in [0, 0.05) is 23.1 Å². The number of benzene rings is 1. The van der Waals surface area contributed by atoms with Crippen LogP contribution in [0.1, 0.15) is 34.1 Å². The number of nitrogens with zero attached hydrogens (tertiary/aromatic N) is 1. The van der Waals surface area contributed by atoms with E-state index in [9.17, 15) is 0 Å². The Kier molecular flexibility index (Phi) is 4.54. The van der Waals surface area contributed by atoms with E-state index in [1.165, 1.54) is 16.7 Å². The third-order valence-electron chi connectivity index (χ3n) is 3.13. The molecule has 2 aromatic rings. The van der Waals surface area contributed by atoms with Crippen LogP contribution in [0, 0.1) is 6.92 Å². The minimum absolute atomic E-state index is 0.337. The van der Waals surface area contributed by atoms with Crippen LogP contribution < -0.4 is 0 Å². The summed E-state index contributed by atoms with van der Waals surface area (Å²) in [5.74, 6) is 0. The average molecular weight is 304 g/mol. The smallest absolute Gasteiger partial charge is 0.0453 e. The molecule has 0 aliphatic carbocycles. The molecule has 1 aromatic heterocycles. The molecular weight excluding hydrogens is 286 g/mol. The standard InChI is InChI=1S/C16H18BrN/c1-3-13-6-4-5-7-15(13)16(17)10-14-9-8-12(2)11-18-14/h4-9,11,16H,3,10H2,1-2H3. The van der Waals surface area contributed by atoms with Gasteiger partial charge >= 0.3 is 0 Å². The van der Waals surface area contributed by atoms with E-state index >= 15 is 0 Å². The van der Waals surface area contributed by atoms with Crippen LogP contribution in [0.25, 0.3) is 0 Å². The Balaban J connectivity index is 2.16. The highest BCUT2D eigenvalue weighted by Gasteiger charge is 2.12. The van der Waals surface area contributed by atoms with E-state index in [2.05, 4.69) is 71.2 Å². The zero-order chi connectivity index (χ0) is 13.0. The molecule has 0 fully saturated rings. The second-order valence-corrected chi connectivity index (χ2v) is 5.66. The minimum atomic E-state index is 0.337. The molecule has 2 rings (SSSR count). The maximum absolute atomic E-state index is 4.47. The van der Waals surface area contributed by atoms with Crippen LogP contribution in [0.2, 0.25) is 0 Å². The summed E-state index contributed by atoms with van der Waals surface area (Å²) in [4.78, 5) is 4.81. The van der Waals surface area contributed by atoms with Crippen molar-refractivity contribution in [1.29, 1.82) is 0 Å². The molecule has 0 bridgehead atoms. The van der Waals surface area contributed by atoms with Gasteiger partial charge in [-0.2, -0.15) is 0 Å². The van der Waals surface area contributed by atoms with Crippen molar-refractivity contribution in [1.82, 2.24) is 4.98 Å². The summed E-state index contributed by atoms with van der Waals surface area (Å²) in [5, 5.41) is 0. The van der Waals surface area contributed by atoms with Gasteiger partial charge in [-0.05, 0) is 36.1 Å². The summed E-state index contributed by atoms with van der Waals surface area (Å²) in [6.45, 7) is 4.26. The monoisotopic (exact) mass is 303 g/mol. The van der Waals surface area contributed by atoms with Crippen LogP contribution in [0.15, 0.2) is 42.6 Å². The molecule has 94 valence electrons. The van der Waals surface area contributed by atoms with E-state index in [0.29, 0.717) is 4.83 Å². The van der Waals surface area contributed by atoms with Gasteiger partial charge < -0.3 is 0 Å². The topological polar surface area (TPSA) is 12.9 Å². The number of rotatable bonds is 4. The van der Waals surface area contributed by atoms with E-state index in [-0.39, 0.29) is 0 Å². The van der Waals surface area contributed by atoms with Gasteiger partial charge in [-0.25, -0.2) is 0 Å². The van der Waals surface area contributed by atoms with Crippen LogP contribution >= 0.6 is 15.9 Å². The molecule has 0 saturated heterocycles. The first-order valence-corrected chi connectivity index (χ1v) is 7.25. The fourth-order valence-electron chi connectivity index (χ4n) is 2.07. The minimum Gasteiger partial charge on any atom is -0.261 e. The Morgan fingerprint density at radius 2 is 1.94 bits per heavy atom. The molecular formula is C16H18BrN. The maximum atomic E-state index is 4.47. The molecule has 18 heavy (non-hydrogen) atoms. The molecule has 1 aromatic carbocycles. The van der Waals surface area contributed by atoms with Crippen molar-refractivity contribution in [2.75, 3.05) is 0 Å². The third kappa shape index (κ3) is 3.20. The molecule has 0 aliphatic heterocycles. The second-order valence-electron chi connectivity index (χ2n) is 4.55. The van der Waals surface area contributed by atoms with Gasteiger partial charge in [-0.15, -0.1) is 0 Å². The lowest BCUT2D eigenvalue weighted by Crippen LogP contribution is -2.01. The highest BCUT2D eigenvalue weighted by molar-refractivity contribution is 9.09. The molecule has 0 saturated carbocycles. The zero-order valence-corrected chi connectivity index (χ0v) is 12.4. The van der Waals surface area contributed by atoms with Gasteiger partial charge in [0.05, 0.1) is 0 Å². The van der Waals surface area contributed by atoms with Crippen molar-refractivity contribution in [3.05, 3.63) is 65.0 Å². The van der Waals surface area contributed by atoms with E-state index in [0.717, 1.165) is 18.5 Å². The molecule has 0 aliphatic rings. The Hall–Kier alpha value is -1.15. The van der Waals surface area contributed by atoms with E-state index < -0.39 is 0 Å². The quantitative estimate of drug-likeness (QED) is 0.750. The number of aryl methyl sites for hydroxylation is 2. The lowest BCUT2D eigenvalue weighted by atomic mass is 10.00. The first kappa shape index (κ1) is 13.3. The lowest BCUT2D eigenvalue weighted by Gasteiger charge is -2.14. The van der Waals surface area contributed by atoms with Gasteiger partial charge in [-0.1, -0.05) is 53.2 Å². The maximum Gasteiger partial charge on any atom is 0.0453 e. The largest absolute Gasteiger partial charge is 0.261 e. The lowest BCUT2D eigenvalue weighted by molar-refractivity contribution is 0.884. The predicted octanol–water partition coefficient (Wildman–Crippen LogP) is 4.63. The Morgan fingerprint density at radius 1 is 1.17 bits per heavy atom. The fraction of sp³-hybridized carbons (Fsp3) is 0.312. The van der Waals surface area contributed by atoms with E-state index in [1.807, 2.05) is 6.20 Å². The summed E-state index contributed by atoms with van der Waals surface area (Å²) in [7, 11) is 0. The first-order valence-electron chi connectivity index (χ1n) is 6.34. The second kappa shape index (κ2) is 6.14. The third-order valence-corrected chi connectivity index (χ3v) is 3.95. The normalized spacial score (nSPS) is 12.4. The SMILES string of the molecule is CCc1ccccc1C(Br)Cc1ccc(C)cn1. The summed E-state index contributed by atoms with van der Waals surface area (Å²) in [6, 6.07) is 12.8. The average Bonchev–Trinajstić information content (AvgIpc) is 2.41. The molecule has 0 spiro atoms. The van der Waals surface area contributed by atoms with Gasteiger partial charge in [-0.3, -0.25) is 4.98 Å². The molecule has 1 nitrogen and oxygen atoms in total. The highest BCUT2D eigenvalue weighted by atomic mass is 79.9. The van der Waals surface area contributed by atoms with E-state index in [1.54, 1.807) is 0 Å². The van der Waals surface area contributed by atoms with Crippen molar-refractivity contribution in [3.63, 3.8) is 0 Å². The van der Waals surface area contributed by atoms with Gasteiger partial charge in [0.25, 0.3) is 0 Å². The Labute approximate surface area is 117 Å². The van der Waals surface area contributed by atoms with Crippen LogP contribution in [-0.4, -0.2) is 4.98 Å². The summed E-state index contributed by atoms with van der Waals surface area (Å²) < 4.78 is 0. The van der Waals surface area contributed by atoms with Gasteiger partial charge in [0.15, 0.2) is 0 Å². The van der Waals surface area contributed by atoms with Gasteiger partial charge in [0.2, 0.25) is 0 Å². The Bertz CT molecular complexity index is 505. The predicted molar refractivity (Wildman–Crippen MR) is 80.2 cm³/mol. The number of pyridine rings is 1. The number of hydrogen-bond donors (Lipinski definition) is 0.